The molecule has 0 fully saturated rings. The van der Waals surface area contributed by atoms with E-state index < -0.39 is 5.97 Å². The van der Waals surface area contributed by atoms with Crippen molar-refractivity contribution >= 4 is 17.7 Å². The Labute approximate surface area is 111 Å². The first-order valence-electron chi connectivity index (χ1n) is 5.79. The van der Waals surface area contributed by atoms with Crippen LogP contribution in [0.2, 0.25) is 0 Å². The maximum absolute atomic E-state index is 11.6. The zero-order chi connectivity index (χ0) is 14.5. The Morgan fingerprint density at radius 3 is 2.42 bits per heavy atom. The van der Waals surface area contributed by atoms with Gasteiger partial charge in [0.15, 0.2) is 5.69 Å². The summed E-state index contributed by atoms with van der Waals surface area (Å²) in [5.74, 6) is -0.285. The molecule has 0 radical (unpaired) electrons. The van der Waals surface area contributed by atoms with Crippen LogP contribution in [0.5, 0.6) is 0 Å². The summed E-state index contributed by atoms with van der Waals surface area (Å²) in [4.78, 5) is 22.7. The molecule has 0 aliphatic rings. The lowest BCUT2D eigenvalue weighted by molar-refractivity contribution is -0.120. The number of anilines is 1. The normalized spacial score (nSPS) is 10.7. The van der Waals surface area contributed by atoms with E-state index in [1.54, 1.807) is 6.07 Å². The molecule has 0 saturated carbocycles. The molecule has 0 saturated heterocycles. The molecule has 2 N–H and O–H groups in total. The number of methoxy groups -OCH3 is 1. The summed E-state index contributed by atoms with van der Waals surface area (Å²) in [6.45, 7) is 5.78. The lowest BCUT2D eigenvalue weighted by Crippen LogP contribution is -2.43. The van der Waals surface area contributed by atoms with Crippen molar-refractivity contribution in [1.29, 1.82) is 0 Å². The van der Waals surface area contributed by atoms with E-state index in [-0.39, 0.29) is 23.7 Å². The molecule has 0 aromatic carbocycles. The molecule has 1 heterocycles. The summed E-state index contributed by atoms with van der Waals surface area (Å²) in [5.41, 5.74) is -0.161. The number of esters is 1. The SMILES string of the molecule is COC(=O)c1ccc(NCC(=O)NC(C)(C)C)nn1. The van der Waals surface area contributed by atoms with Crippen molar-refractivity contribution in [1.82, 2.24) is 15.5 Å². The van der Waals surface area contributed by atoms with Gasteiger partial charge in [0.2, 0.25) is 5.91 Å². The van der Waals surface area contributed by atoms with Crippen LogP contribution in [-0.2, 0) is 9.53 Å². The van der Waals surface area contributed by atoms with Crippen molar-refractivity contribution < 1.29 is 14.3 Å². The van der Waals surface area contributed by atoms with Gasteiger partial charge in [-0.1, -0.05) is 0 Å². The molecular formula is C12H18N4O3. The van der Waals surface area contributed by atoms with Gasteiger partial charge in [-0.3, -0.25) is 4.79 Å². The second-order valence-corrected chi connectivity index (χ2v) is 4.95. The molecule has 0 aliphatic heterocycles. The van der Waals surface area contributed by atoms with Gasteiger partial charge in [-0.25, -0.2) is 4.79 Å². The number of nitrogens with zero attached hydrogens (tertiary/aromatic N) is 2. The lowest BCUT2D eigenvalue weighted by atomic mass is 10.1. The van der Waals surface area contributed by atoms with E-state index in [0.29, 0.717) is 5.82 Å². The van der Waals surface area contributed by atoms with Gasteiger partial charge in [-0.2, -0.15) is 0 Å². The van der Waals surface area contributed by atoms with Crippen LogP contribution in [0.4, 0.5) is 5.82 Å². The third-order valence-electron chi connectivity index (χ3n) is 2.00. The van der Waals surface area contributed by atoms with Crippen molar-refractivity contribution in [3.63, 3.8) is 0 Å². The third-order valence-corrected chi connectivity index (χ3v) is 2.00. The van der Waals surface area contributed by atoms with Crippen LogP contribution in [0.3, 0.4) is 0 Å². The van der Waals surface area contributed by atoms with Crippen molar-refractivity contribution in [2.45, 2.75) is 26.3 Å². The predicted molar refractivity (Wildman–Crippen MR) is 69.8 cm³/mol. The first kappa shape index (κ1) is 14.9. The van der Waals surface area contributed by atoms with Crippen LogP contribution < -0.4 is 10.6 Å². The van der Waals surface area contributed by atoms with Crippen LogP contribution in [0.25, 0.3) is 0 Å². The molecule has 1 aromatic heterocycles. The lowest BCUT2D eigenvalue weighted by Gasteiger charge is -2.20. The minimum Gasteiger partial charge on any atom is -0.464 e. The molecule has 104 valence electrons. The van der Waals surface area contributed by atoms with Gasteiger partial charge in [-0.15, -0.1) is 10.2 Å². The number of rotatable bonds is 4. The summed E-state index contributed by atoms with van der Waals surface area (Å²) >= 11 is 0. The quantitative estimate of drug-likeness (QED) is 0.775. The number of hydrogen-bond donors (Lipinski definition) is 2. The fraction of sp³-hybridized carbons (Fsp3) is 0.500. The molecular weight excluding hydrogens is 248 g/mol. The first-order valence-corrected chi connectivity index (χ1v) is 5.79. The molecule has 0 spiro atoms. The van der Waals surface area contributed by atoms with Gasteiger partial charge >= 0.3 is 5.97 Å². The fourth-order valence-corrected chi connectivity index (χ4v) is 1.27. The molecule has 0 atom stereocenters. The van der Waals surface area contributed by atoms with E-state index in [1.165, 1.54) is 13.2 Å². The Morgan fingerprint density at radius 2 is 1.95 bits per heavy atom. The molecule has 1 rings (SSSR count). The summed E-state index contributed by atoms with van der Waals surface area (Å²) < 4.78 is 4.50. The highest BCUT2D eigenvalue weighted by molar-refractivity contribution is 5.87. The number of carbonyl (C=O) groups is 2. The number of amides is 1. The average molecular weight is 266 g/mol. The van der Waals surface area contributed by atoms with E-state index in [4.69, 9.17) is 0 Å². The number of nitrogens with one attached hydrogen (secondary N) is 2. The molecule has 0 unspecified atom stereocenters. The Balaban J connectivity index is 2.50. The number of ether oxygens (including phenoxy) is 1. The molecule has 19 heavy (non-hydrogen) atoms. The second kappa shape index (κ2) is 6.12. The van der Waals surface area contributed by atoms with Gasteiger partial charge < -0.3 is 15.4 Å². The number of aromatic nitrogens is 2. The van der Waals surface area contributed by atoms with Gasteiger partial charge in [0.25, 0.3) is 0 Å². The second-order valence-electron chi connectivity index (χ2n) is 4.95. The monoisotopic (exact) mass is 266 g/mol. The highest BCUT2D eigenvalue weighted by atomic mass is 16.5. The van der Waals surface area contributed by atoms with Gasteiger partial charge in [0.1, 0.15) is 5.82 Å². The first-order chi connectivity index (χ1) is 8.81. The Kier molecular flexibility index (Phi) is 4.80. The van der Waals surface area contributed by atoms with E-state index in [9.17, 15) is 9.59 Å². The standard InChI is InChI=1S/C12H18N4O3/c1-12(2,3)14-10(17)7-13-9-6-5-8(15-16-9)11(18)19-4/h5-6H,7H2,1-4H3,(H,13,16)(H,14,17). The van der Waals surface area contributed by atoms with Crippen LogP contribution in [-0.4, -0.2) is 41.3 Å². The van der Waals surface area contributed by atoms with Crippen LogP contribution >= 0.6 is 0 Å². The Morgan fingerprint density at radius 1 is 1.26 bits per heavy atom. The van der Waals surface area contributed by atoms with Gasteiger partial charge in [-0.05, 0) is 32.9 Å². The number of carbonyl (C=O) groups excluding carboxylic acids is 2. The van der Waals surface area contributed by atoms with E-state index in [0.717, 1.165) is 0 Å². The summed E-state index contributed by atoms with van der Waals surface area (Å²) in [7, 11) is 1.27. The average Bonchev–Trinajstić information content (AvgIpc) is 2.34. The largest absolute Gasteiger partial charge is 0.464 e. The maximum Gasteiger partial charge on any atom is 0.358 e. The van der Waals surface area contributed by atoms with Crippen LogP contribution in [0, 0.1) is 0 Å². The topological polar surface area (TPSA) is 93.2 Å². The fourth-order valence-electron chi connectivity index (χ4n) is 1.27. The summed E-state index contributed by atoms with van der Waals surface area (Å²) in [6, 6.07) is 3.03. The highest BCUT2D eigenvalue weighted by Gasteiger charge is 2.13. The van der Waals surface area contributed by atoms with Crippen molar-refractivity contribution in [3.05, 3.63) is 17.8 Å². The Bertz CT molecular complexity index is 451. The van der Waals surface area contributed by atoms with E-state index in [1.807, 2.05) is 20.8 Å². The minimum absolute atomic E-state index is 0.0868. The third kappa shape index (κ3) is 5.33. The molecule has 0 aliphatic carbocycles. The molecule has 1 amide bonds. The van der Waals surface area contributed by atoms with Gasteiger partial charge in [0, 0.05) is 5.54 Å². The summed E-state index contributed by atoms with van der Waals surface area (Å²) in [6.07, 6.45) is 0. The summed E-state index contributed by atoms with van der Waals surface area (Å²) in [5, 5.41) is 13.1. The molecule has 7 nitrogen and oxygen atoms in total. The van der Waals surface area contributed by atoms with Crippen molar-refractivity contribution in [3.8, 4) is 0 Å². The van der Waals surface area contributed by atoms with Gasteiger partial charge in [0.05, 0.1) is 13.7 Å². The molecule has 7 heteroatoms. The highest BCUT2D eigenvalue weighted by Crippen LogP contribution is 2.03. The Hall–Kier alpha value is -2.18. The number of hydrogen-bond acceptors (Lipinski definition) is 6. The van der Waals surface area contributed by atoms with E-state index in [2.05, 4.69) is 25.6 Å². The maximum atomic E-state index is 11.6. The molecule has 0 bridgehead atoms. The zero-order valence-corrected chi connectivity index (χ0v) is 11.5. The zero-order valence-electron chi connectivity index (χ0n) is 11.5. The molecule has 1 aromatic rings. The van der Waals surface area contributed by atoms with Crippen LogP contribution in [0.15, 0.2) is 12.1 Å². The minimum atomic E-state index is -0.551. The van der Waals surface area contributed by atoms with Crippen LogP contribution in [0.1, 0.15) is 31.3 Å². The predicted octanol–water partition coefficient (Wildman–Crippen LogP) is 0.590. The smallest absolute Gasteiger partial charge is 0.358 e. The van der Waals surface area contributed by atoms with Crippen molar-refractivity contribution in [2.75, 3.05) is 19.0 Å². The van der Waals surface area contributed by atoms with E-state index >= 15 is 0 Å². The van der Waals surface area contributed by atoms with Crippen molar-refractivity contribution in [2.24, 2.45) is 0 Å².